The number of nitrogens with one attached hydrogen (secondary N) is 1. The van der Waals surface area contributed by atoms with Crippen LogP contribution >= 0.6 is 11.3 Å². The fraction of sp³-hybridized carbons (Fsp3) is 0.600. The summed E-state index contributed by atoms with van der Waals surface area (Å²) in [6, 6.07) is 0. The third-order valence-corrected chi connectivity index (χ3v) is 5.74. The minimum atomic E-state index is 0.790. The number of fused-ring (bicyclic) bond motifs is 3. The zero-order valence-electron chi connectivity index (χ0n) is 11.9. The van der Waals surface area contributed by atoms with Gasteiger partial charge in [-0.1, -0.05) is 6.92 Å². The second-order valence-electron chi connectivity index (χ2n) is 5.96. The fourth-order valence-electron chi connectivity index (χ4n) is 3.33. The van der Waals surface area contributed by atoms with Gasteiger partial charge in [-0.05, 0) is 30.7 Å². The second kappa shape index (κ2) is 4.97. The van der Waals surface area contributed by atoms with Crippen molar-refractivity contribution < 1.29 is 0 Å². The number of piperazine rings is 1. The summed E-state index contributed by atoms with van der Waals surface area (Å²) in [6.07, 6.45) is 5.48. The van der Waals surface area contributed by atoms with Gasteiger partial charge in [0.2, 0.25) is 0 Å². The van der Waals surface area contributed by atoms with Gasteiger partial charge >= 0.3 is 0 Å². The van der Waals surface area contributed by atoms with Gasteiger partial charge in [0.1, 0.15) is 12.1 Å². The summed E-state index contributed by atoms with van der Waals surface area (Å²) in [5.74, 6) is 1.95. The molecule has 3 heterocycles. The van der Waals surface area contributed by atoms with E-state index >= 15 is 0 Å². The van der Waals surface area contributed by atoms with Crippen LogP contribution in [0.2, 0.25) is 0 Å². The van der Waals surface area contributed by atoms with Crippen molar-refractivity contribution in [1.29, 1.82) is 0 Å². The van der Waals surface area contributed by atoms with Crippen LogP contribution in [0.3, 0.4) is 0 Å². The average molecular weight is 288 g/mol. The van der Waals surface area contributed by atoms with Gasteiger partial charge in [0, 0.05) is 31.1 Å². The van der Waals surface area contributed by atoms with Crippen LogP contribution in [0.4, 0.5) is 5.82 Å². The minimum Gasteiger partial charge on any atom is -0.353 e. The Bertz CT molecular complexity index is 630. The highest BCUT2D eigenvalue weighted by Crippen LogP contribution is 2.40. The van der Waals surface area contributed by atoms with Gasteiger partial charge in [-0.15, -0.1) is 11.3 Å². The number of anilines is 1. The Hall–Kier alpha value is -1.20. The molecule has 0 spiro atoms. The van der Waals surface area contributed by atoms with E-state index in [0.29, 0.717) is 0 Å². The normalized spacial score (nSPS) is 23.1. The van der Waals surface area contributed by atoms with Crippen LogP contribution in [0.5, 0.6) is 0 Å². The van der Waals surface area contributed by atoms with Gasteiger partial charge in [0.25, 0.3) is 0 Å². The summed E-state index contributed by atoms with van der Waals surface area (Å²) in [4.78, 5) is 13.2. The molecule has 0 aromatic carbocycles. The van der Waals surface area contributed by atoms with Crippen LogP contribution in [0, 0.1) is 5.92 Å². The molecular weight excluding hydrogens is 268 g/mol. The van der Waals surface area contributed by atoms with Gasteiger partial charge in [-0.3, -0.25) is 0 Å². The van der Waals surface area contributed by atoms with E-state index in [9.17, 15) is 0 Å². The largest absolute Gasteiger partial charge is 0.353 e. The number of aryl methyl sites for hydroxylation is 1. The van der Waals surface area contributed by atoms with Crippen molar-refractivity contribution in [2.75, 3.05) is 31.1 Å². The molecule has 1 aliphatic heterocycles. The maximum atomic E-state index is 4.60. The number of hydrogen-bond acceptors (Lipinski definition) is 5. The molecule has 0 amide bonds. The monoisotopic (exact) mass is 288 g/mol. The van der Waals surface area contributed by atoms with Crippen molar-refractivity contribution in [3.8, 4) is 0 Å². The van der Waals surface area contributed by atoms with Crippen molar-refractivity contribution >= 4 is 27.4 Å². The summed E-state index contributed by atoms with van der Waals surface area (Å²) in [7, 11) is 0. The predicted octanol–water partition coefficient (Wildman–Crippen LogP) is 2.23. The third kappa shape index (κ3) is 2.00. The predicted molar refractivity (Wildman–Crippen MR) is 83.7 cm³/mol. The van der Waals surface area contributed by atoms with Gasteiger partial charge < -0.3 is 10.2 Å². The molecular formula is C15H20N4S. The first kappa shape index (κ1) is 12.5. The molecule has 2 aliphatic rings. The van der Waals surface area contributed by atoms with Crippen LogP contribution in [0.1, 0.15) is 23.8 Å². The number of nitrogens with zero attached hydrogens (tertiary/aromatic N) is 3. The quantitative estimate of drug-likeness (QED) is 0.873. The number of hydrogen-bond donors (Lipinski definition) is 1. The summed E-state index contributed by atoms with van der Waals surface area (Å²) >= 11 is 1.93. The topological polar surface area (TPSA) is 41.0 Å². The molecule has 1 unspecified atom stereocenters. The molecule has 1 fully saturated rings. The zero-order chi connectivity index (χ0) is 13.5. The fourth-order valence-corrected chi connectivity index (χ4v) is 4.65. The van der Waals surface area contributed by atoms with E-state index in [1.54, 1.807) is 11.2 Å². The van der Waals surface area contributed by atoms with Crippen LogP contribution in [0.15, 0.2) is 6.33 Å². The van der Waals surface area contributed by atoms with Crippen LogP contribution in [0.25, 0.3) is 10.2 Å². The summed E-state index contributed by atoms with van der Waals surface area (Å²) in [6.45, 7) is 6.54. The highest BCUT2D eigenvalue weighted by molar-refractivity contribution is 7.19. The van der Waals surface area contributed by atoms with Crippen molar-refractivity contribution in [2.24, 2.45) is 5.92 Å². The molecule has 0 bridgehead atoms. The van der Waals surface area contributed by atoms with E-state index in [4.69, 9.17) is 0 Å². The highest BCUT2D eigenvalue weighted by Gasteiger charge is 2.24. The maximum Gasteiger partial charge on any atom is 0.150 e. The lowest BCUT2D eigenvalue weighted by Gasteiger charge is -2.28. The molecule has 1 N–H and O–H groups in total. The second-order valence-corrected chi connectivity index (χ2v) is 7.07. The summed E-state index contributed by atoms with van der Waals surface area (Å²) in [5, 5.41) is 3.41. The molecule has 5 heteroatoms. The van der Waals surface area contributed by atoms with Crippen LogP contribution in [-0.4, -0.2) is 36.1 Å². The van der Waals surface area contributed by atoms with Crippen molar-refractivity contribution in [3.05, 3.63) is 16.8 Å². The first-order valence-corrected chi connectivity index (χ1v) is 8.35. The molecule has 1 saturated heterocycles. The third-order valence-electron chi connectivity index (χ3n) is 4.47. The van der Waals surface area contributed by atoms with Crippen molar-refractivity contribution in [3.63, 3.8) is 0 Å². The molecule has 4 rings (SSSR count). The van der Waals surface area contributed by atoms with E-state index in [-0.39, 0.29) is 0 Å². The smallest absolute Gasteiger partial charge is 0.150 e. The van der Waals surface area contributed by atoms with Crippen molar-refractivity contribution in [1.82, 2.24) is 15.3 Å². The van der Waals surface area contributed by atoms with E-state index in [1.807, 2.05) is 11.3 Å². The molecule has 2 aromatic rings. The Balaban J connectivity index is 1.82. The Morgan fingerprint density at radius 1 is 1.30 bits per heavy atom. The standard InChI is InChI=1S/C15H20N4S/c1-10-2-3-12-11(8-10)13-14(20-12)15(18-9-17-13)19-6-4-16-5-7-19/h9-10,16H,2-8H2,1H3. The molecule has 1 aliphatic carbocycles. The molecule has 0 radical (unpaired) electrons. The summed E-state index contributed by atoms with van der Waals surface area (Å²) < 4.78 is 1.31. The maximum absolute atomic E-state index is 4.60. The van der Waals surface area contributed by atoms with E-state index in [2.05, 4.69) is 27.1 Å². The minimum absolute atomic E-state index is 0.790. The van der Waals surface area contributed by atoms with Crippen LogP contribution in [-0.2, 0) is 12.8 Å². The van der Waals surface area contributed by atoms with Gasteiger partial charge in [-0.2, -0.15) is 0 Å². The van der Waals surface area contributed by atoms with E-state index in [1.165, 1.54) is 35.0 Å². The zero-order valence-corrected chi connectivity index (χ0v) is 12.7. The van der Waals surface area contributed by atoms with E-state index in [0.717, 1.165) is 37.9 Å². The average Bonchev–Trinajstić information content (AvgIpc) is 2.86. The first-order chi connectivity index (χ1) is 9.83. The Kier molecular flexibility index (Phi) is 3.11. The molecule has 2 aromatic heterocycles. The van der Waals surface area contributed by atoms with E-state index < -0.39 is 0 Å². The highest BCUT2D eigenvalue weighted by atomic mass is 32.1. The molecule has 1 atom stereocenters. The van der Waals surface area contributed by atoms with Gasteiger partial charge in [0.15, 0.2) is 0 Å². The molecule has 20 heavy (non-hydrogen) atoms. The number of aromatic nitrogens is 2. The molecule has 4 nitrogen and oxygen atoms in total. The Morgan fingerprint density at radius 2 is 2.15 bits per heavy atom. The Morgan fingerprint density at radius 3 is 3.00 bits per heavy atom. The summed E-state index contributed by atoms with van der Waals surface area (Å²) in [5.41, 5.74) is 2.72. The lowest BCUT2D eigenvalue weighted by molar-refractivity contribution is 0.508. The molecule has 106 valence electrons. The van der Waals surface area contributed by atoms with Gasteiger partial charge in [0.05, 0.1) is 10.2 Å². The Labute approximate surface area is 123 Å². The number of rotatable bonds is 1. The lowest BCUT2D eigenvalue weighted by atomic mass is 9.89. The van der Waals surface area contributed by atoms with Gasteiger partial charge in [-0.25, -0.2) is 9.97 Å². The molecule has 0 saturated carbocycles. The lowest BCUT2D eigenvalue weighted by Crippen LogP contribution is -2.43. The first-order valence-electron chi connectivity index (χ1n) is 7.54. The SMILES string of the molecule is CC1CCc2sc3c(N4CCNCC4)ncnc3c2C1. The number of thiophene rings is 1. The van der Waals surface area contributed by atoms with Crippen molar-refractivity contribution in [2.45, 2.75) is 26.2 Å². The van der Waals surface area contributed by atoms with Crippen LogP contribution < -0.4 is 10.2 Å².